The third-order valence-corrected chi connectivity index (χ3v) is 4.31. The number of para-hydroxylation sites is 1. The molecule has 0 saturated carbocycles. The van der Waals surface area contributed by atoms with E-state index in [0.29, 0.717) is 31.2 Å². The molecule has 26 heavy (non-hydrogen) atoms. The second-order valence-electron chi connectivity index (χ2n) is 6.27. The lowest BCUT2D eigenvalue weighted by Gasteiger charge is -2.25. The molecular formula is C20H19N3O3. The number of ether oxygens (including phenoxy) is 1. The van der Waals surface area contributed by atoms with E-state index in [4.69, 9.17) is 9.26 Å². The Labute approximate surface area is 151 Å². The van der Waals surface area contributed by atoms with Crippen LogP contribution in [0, 0.1) is 0 Å². The zero-order valence-corrected chi connectivity index (χ0v) is 14.2. The minimum Gasteiger partial charge on any atom is -0.491 e. The van der Waals surface area contributed by atoms with Crippen molar-refractivity contribution in [3.05, 3.63) is 66.1 Å². The second-order valence-corrected chi connectivity index (χ2v) is 6.27. The van der Waals surface area contributed by atoms with Gasteiger partial charge in [0.25, 0.3) is 0 Å². The fraction of sp³-hybridized carbons (Fsp3) is 0.250. The van der Waals surface area contributed by atoms with Gasteiger partial charge in [-0.3, -0.25) is 4.79 Å². The Morgan fingerprint density at radius 3 is 2.81 bits per heavy atom. The van der Waals surface area contributed by atoms with Crippen LogP contribution >= 0.6 is 0 Å². The standard InChI is InChI=1S/C20H19N3O3/c24-18(21-16-12-15-8-4-5-9-17(15)25-13-16)10-11-19-22-20(23-26-19)14-6-2-1-3-7-14/h1-9,16H,10-13H2,(H,21,24). The predicted molar refractivity (Wildman–Crippen MR) is 95.6 cm³/mol. The molecule has 1 unspecified atom stereocenters. The van der Waals surface area contributed by atoms with E-state index in [1.54, 1.807) is 0 Å². The van der Waals surface area contributed by atoms with Gasteiger partial charge in [0.1, 0.15) is 12.4 Å². The Hall–Kier alpha value is -3.15. The first-order valence-corrected chi connectivity index (χ1v) is 8.66. The third kappa shape index (κ3) is 3.74. The summed E-state index contributed by atoms with van der Waals surface area (Å²) < 4.78 is 10.9. The van der Waals surface area contributed by atoms with Gasteiger partial charge < -0.3 is 14.6 Å². The van der Waals surface area contributed by atoms with Crippen LogP contribution in [0.2, 0.25) is 0 Å². The van der Waals surface area contributed by atoms with Crippen LogP contribution in [-0.4, -0.2) is 28.7 Å². The van der Waals surface area contributed by atoms with E-state index in [1.807, 2.05) is 54.6 Å². The van der Waals surface area contributed by atoms with Crippen molar-refractivity contribution in [3.63, 3.8) is 0 Å². The molecule has 1 aliphatic rings. The topological polar surface area (TPSA) is 77.2 Å². The Morgan fingerprint density at radius 2 is 1.92 bits per heavy atom. The zero-order valence-electron chi connectivity index (χ0n) is 14.2. The number of aryl methyl sites for hydroxylation is 1. The monoisotopic (exact) mass is 349 g/mol. The molecule has 6 nitrogen and oxygen atoms in total. The van der Waals surface area contributed by atoms with Gasteiger partial charge in [0.2, 0.25) is 17.6 Å². The smallest absolute Gasteiger partial charge is 0.227 e. The molecular weight excluding hydrogens is 330 g/mol. The van der Waals surface area contributed by atoms with Crippen LogP contribution in [-0.2, 0) is 17.6 Å². The SMILES string of the molecule is O=C(CCc1nc(-c2ccccc2)no1)NC1COc2ccccc2C1. The Morgan fingerprint density at radius 1 is 1.12 bits per heavy atom. The Balaban J connectivity index is 1.29. The molecule has 0 radical (unpaired) electrons. The number of rotatable bonds is 5. The molecule has 0 saturated heterocycles. The highest BCUT2D eigenvalue weighted by Gasteiger charge is 2.21. The average molecular weight is 349 g/mol. The van der Waals surface area contributed by atoms with Crippen molar-refractivity contribution < 1.29 is 14.1 Å². The molecule has 1 amide bonds. The minimum absolute atomic E-state index is 0.0139. The maximum Gasteiger partial charge on any atom is 0.227 e. The summed E-state index contributed by atoms with van der Waals surface area (Å²) in [6.07, 6.45) is 1.49. The van der Waals surface area contributed by atoms with E-state index >= 15 is 0 Å². The number of carbonyl (C=O) groups is 1. The van der Waals surface area contributed by atoms with Gasteiger partial charge in [-0.05, 0) is 18.1 Å². The molecule has 0 fully saturated rings. The first-order chi connectivity index (χ1) is 12.8. The minimum atomic E-state index is -0.0440. The lowest BCUT2D eigenvalue weighted by atomic mass is 10.0. The van der Waals surface area contributed by atoms with Crippen molar-refractivity contribution in [2.75, 3.05) is 6.61 Å². The normalized spacial score (nSPS) is 15.8. The number of benzene rings is 2. The lowest BCUT2D eigenvalue weighted by Crippen LogP contribution is -2.42. The lowest BCUT2D eigenvalue weighted by molar-refractivity contribution is -0.122. The number of amides is 1. The Kier molecular flexibility index (Phi) is 4.64. The molecule has 4 rings (SSSR count). The molecule has 0 aliphatic carbocycles. The maximum atomic E-state index is 12.2. The van der Waals surface area contributed by atoms with Crippen molar-refractivity contribution in [3.8, 4) is 17.1 Å². The number of aromatic nitrogens is 2. The van der Waals surface area contributed by atoms with Crippen molar-refractivity contribution in [1.29, 1.82) is 0 Å². The fourth-order valence-corrected chi connectivity index (χ4v) is 3.00. The third-order valence-electron chi connectivity index (χ3n) is 4.31. The molecule has 2 aromatic carbocycles. The summed E-state index contributed by atoms with van der Waals surface area (Å²) in [6, 6.07) is 17.5. The van der Waals surface area contributed by atoms with E-state index < -0.39 is 0 Å². The van der Waals surface area contributed by atoms with Crippen LogP contribution in [0.1, 0.15) is 17.9 Å². The second kappa shape index (κ2) is 7.39. The van der Waals surface area contributed by atoms with Gasteiger partial charge in [-0.1, -0.05) is 53.7 Å². The first-order valence-electron chi connectivity index (χ1n) is 8.66. The summed E-state index contributed by atoms with van der Waals surface area (Å²) in [5, 5.41) is 6.98. The summed E-state index contributed by atoms with van der Waals surface area (Å²) in [4.78, 5) is 16.6. The quantitative estimate of drug-likeness (QED) is 0.766. The van der Waals surface area contributed by atoms with Gasteiger partial charge >= 0.3 is 0 Å². The molecule has 0 bridgehead atoms. The van der Waals surface area contributed by atoms with Gasteiger partial charge in [0, 0.05) is 18.4 Å². The molecule has 0 spiro atoms. The largest absolute Gasteiger partial charge is 0.491 e. The molecule has 1 aliphatic heterocycles. The maximum absolute atomic E-state index is 12.2. The van der Waals surface area contributed by atoms with Crippen LogP contribution in [0.4, 0.5) is 0 Å². The van der Waals surface area contributed by atoms with Crippen LogP contribution in [0.15, 0.2) is 59.1 Å². The van der Waals surface area contributed by atoms with Gasteiger partial charge in [-0.25, -0.2) is 0 Å². The molecule has 1 atom stereocenters. The van der Waals surface area contributed by atoms with Gasteiger partial charge in [0.05, 0.1) is 6.04 Å². The van der Waals surface area contributed by atoms with Crippen molar-refractivity contribution >= 4 is 5.91 Å². The van der Waals surface area contributed by atoms with E-state index in [-0.39, 0.29) is 11.9 Å². The summed E-state index contributed by atoms with van der Waals surface area (Å²) in [7, 11) is 0. The van der Waals surface area contributed by atoms with Crippen LogP contribution in [0.5, 0.6) is 5.75 Å². The molecule has 3 aromatic rings. The fourth-order valence-electron chi connectivity index (χ4n) is 3.00. The molecule has 6 heteroatoms. The van der Waals surface area contributed by atoms with E-state index in [1.165, 1.54) is 0 Å². The summed E-state index contributed by atoms with van der Waals surface area (Å²) in [6.45, 7) is 0.488. The number of nitrogens with zero attached hydrogens (tertiary/aromatic N) is 2. The first kappa shape index (κ1) is 16.3. The number of hydrogen-bond acceptors (Lipinski definition) is 5. The van der Waals surface area contributed by atoms with Gasteiger partial charge in [0.15, 0.2) is 0 Å². The van der Waals surface area contributed by atoms with Crippen LogP contribution in [0.3, 0.4) is 0 Å². The van der Waals surface area contributed by atoms with Crippen molar-refractivity contribution in [2.24, 2.45) is 0 Å². The summed E-state index contributed by atoms with van der Waals surface area (Å²) >= 11 is 0. The highest BCUT2D eigenvalue weighted by molar-refractivity contribution is 5.76. The number of hydrogen-bond donors (Lipinski definition) is 1. The van der Waals surface area contributed by atoms with Crippen molar-refractivity contribution in [1.82, 2.24) is 15.5 Å². The summed E-state index contributed by atoms with van der Waals surface area (Å²) in [5.41, 5.74) is 2.01. The molecule has 2 heterocycles. The van der Waals surface area contributed by atoms with Crippen molar-refractivity contribution in [2.45, 2.75) is 25.3 Å². The Bertz CT molecular complexity index is 892. The van der Waals surface area contributed by atoms with Crippen LogP contribution in [0.25, 0.3) is 11.4 Å². The number of fused-ring (bicyclic) bond motifs is 1. The predicted octanol–water partition coefficient (Wildman–Crippen LogP) is 2.79. The highest BCUT2D eigenvalue weighted by Crippen LogP contribution is 2.24. The average Bonchev–Trinajstić information content (AvgIpc) is 3.16. The van der Waals surface area contributed by atoms with Gasteiger partial charge in [-0.15, -0.1) is 0 Å². The van der Waals surface area contributed by atoms with E-state index in [2.05, 4.69) is 15.5 Å². The molecule has 1 N–H and O–H groups in total. The summed E-state index contributed by atoms with van der Waals surface area (Å²) in [5.74, 6) is 1.86. The molecule has 132 valence electrons. The molecule has 1 aromatic heterocycles. The van der Waals surface area contributed by atoms with Crippen LogP contribution < -0.4 is 10.1 Å². The van der Waals surface area contributed by atoms with E-state index in [0.717, 1.165) is 23.3 Å². The number of nitrogens with one attached hydrogen (secondary N) is 1. The van der Waals surface area contributed by atoms with Gasteiger partial charge in [-0.2, -0.15) is 4.98 Å². The zero-order chi connectivity index (χ0) is 17.8. The number of carbonyl (C=O) groups excluding carboxylic acids is 1. The van der Waals surface area contributed by atoms with E-state index in [9.17, 15) is 4.79 Å². The highest BCUT2D eigenvalue weighted by atomic mass is 16.5.